The second-order valence-electron chi connectivity index (χ2n) is 4.60. The molecular formula is C14H16N2O4S. The van der Waals surface area contributed by atoms with E-state index in [1.807, 2.05) is 18.4 Å². The maximum absolute atomic E-state index is 11.4. The summed E-state index contributed by atoms with van der Waals surface area (Å²) in [6, 6.07) is 4.91. The summed E-state index contributed by atoms with van der Waals surface area (Å²) in [7, 11) is 1.30. The van der Waals surface area contributed by atoms with Crippen LogP contribution in [-0.4, -0.2) is 22.6 Å². The SMILES string of the molecule is COC(=O)c1ccc(CSc2nc(=O)ccn2C(C)C)o1. The van der Waals surface area contributed by atoms with Gasteiger partial charge < -0.3 is 13.7 Å². The van der Waals surface area contributed by atoms with Crippen molar-refractivity contribution >= 4 is 17.7 Å². The third kappa shape index (κ3) is 3.75. The molecule has 0 saturated carbocycles. The molecule has 0 amide bonds. The lowest BCUT2D eigenvalue weighted by Gasteiger charge is -2.14. The molecule has 0 bridgehead atoms. The van der Waals surface area contributed by atoms with Gasteiger partial charge in [-0.25, -0.2) is 4.79 Å². The fourth-order valence-electron chi connectivity index (χ4n) is 1.70. The van der Waals surface area contributed by atoms with Crippen LogP contribution in [0.15, 0.2) is 38.8 Å². The van der Waals surface area contributed by atoms with Crippen molar-refractivity contribution < 1.29 is 13.9 Å². The smallest absolute Gasteiger partial charge is 0.373 e. The van der Waals surface area contributed by atoms with Crippen molar-refractivity contribution in [2.75, 3.05) is 7.11 Å². The Morgan fingerprint density at radius 2 is 2.19 bits per heavy atom. The van der Waals surface area contributed by atoms with E-state index < -0.39 is 5.97 Å². The first-order chi connectivity index (χ1) is 10.0. The Labute approximate surface area is 126 Å². The number of esters is 1. The minimum atomic E-state index is -0.511. The molecule has 0 aliphatic carbocycles. The summed E-state index contributed by atoms with van der Waals surface area (Å²) in [5.41, 5.74) is -0.274. The number of aromatic nitrogens is 2. The highest BCUT2D eigenvalue weighted by Gasteiger charge is 2.13. The van der Waals surface area contributed by atoms with Gasteiger partial charge in [0.15, 0.2) is 5.16 Å². The van der Waals surface area contributed by atoms with Crippen molar-refractivity contribution in [3.05, 3.63) is 46.3 Å². The van der Waals surface area contributed by atoms with Crippen LogP contribution >= 0.6 is 11.8 Å². The molecule has 2 heterocycles. The number of thioether (sulfide) groups is 1. The van der Waals surface area contributed by atoms with Gasteiger partial charge in [0.25, 0.3) is 5.56 Å². The third-order valence-electron chi connectivity index (χ3n) is 2.75. The van der Waals surface area contributed by atoms with Crippen LogP contribution in [0.3, 0.4) is 0 Å². The number of hydrogen-bond acceptors (Lipinski definition) is 6. The highest BCUT2D eigenvalue weighted by Crippen LogP contribution is 2.23. The largest absolute Gasteiger partial charge is 0.463 e. The summed E-state index contributed by atoms with van der Waals surface area (Å²) in [4.78, 5) is 26.7. The van der Waals surface area contributed by atoms with Crippen LogP contribution in [-0.2, 0) is 10.5 Å². The molecule has 0 aromatic carbocycles. The fourth-order valence-corrected chi connectivity index (χ4v) is 2.70. The second kappa shape index (κ2) is 6.62. The lowest BCUT2D eigenvalue weighted by Crippen LogP contribution is -2.14. The molecule has 6 nitrogen and oxygen atoms in total. The quantitative estimate of drug-likeness (QED) is 0.480. The number of carbonyl (C=O) groups excluding carboxylic acids is 1. The summed E-state index contributed by atoms with van der Waals surface area (Å²) >= 11 is 1.38. The summed E-state index contributed by atoms with van der Waals surface area (Å²) < 4.78 is 11.9. The zero-order chi connectivity index (χ0) is 15.4. The number of ether oxygens (including phenoxy) is 1. The number of methoxy groups -OCH3 is 1. The van der Waals surface area contributed by atoms with Crippen LogP contribution in [0.5, 0.6) is 0 Å². The van der Waals surface area contributed by atoms with E-state index >= 15 is 0 Å². The van der Waals surface area contributed by atoms with Crippen molar-refractivity contribution in [1.82, 2.24) is 9.55 Å². The maximum Gasteiger partial charge on any atom is 0.373 e. The van der Waals surface area contributed by atoms with Gasteiger partial charge in [-0.1, -0.05) is 11.8 Å². The van der Waals surface area contributed by atoms with Crippen molar-refractivity contribution in [3.8, 4) is 0 Å². The zero-order valence-corrected chi connectivity index (χ0v) is 12.8. The molecule has 21 heavy (non-hydrogen) atoms. The average Bonchev–Trinajstić information content (AvgIpc) is 2.93. The average molecular weight is 308 g/mol. The van der Waals surface area contributed by atoms with E-state index in [2.05, 4.69) is 9.72 Å². The van der Waals surface area contributed by atoms with E-state index in [0.29, 0.717) is 16.7 Å². The third-order valence-corrected chi connectivity index (χ3v) is 3.74. The van der Waals surface area contributed by atoms with Crippen LogP contribution < -0.4 is 5.56 Å². The summed E-state index contributed by atoms with van der Waals surface area (Å²) in [5.74, 6) is 0.743. The van der Waals surface area contributed by atoms with E-state index in [4.69, 9.17) is 4.42 Å². The van der Waals surface area contributed by atoms with Gasteiger partial charge in [0.1, 0.15) is 5.76 Å². The monoisotopic (exact) mass is 308 g/mol. The molecule has 0 radical (unpaired) electrons. The predicted molar refractivity (Wildman–Crippen MR) is 78.5 cm³/mol. The van der Waals surface area contributed by atoms with E-state index in [9.17, 15) is 9.59 Å². The van der Waals surface area contributed by atoms with E-state index in [1.54, 1.807) is 18.3 Å². The zero-order valence-electron chi connectivity index (χ0n) is 12.0. The second-order valence-corrected chi connectivity index (χ2v) is 5.54. The molecular weight excluding hydrogens is 292 g/mol. The van der Waals surface area contributed by atoms with E-state index in [-0.39, 0.29) is 17.4 Å². The Morgan fingerprint density at radius 3 is 2.86 bits per heavy atom. The molecule has 0 spiro atoms. The van der Waals surface area contributed by atoms with Crippen molar-refractivity contribution in [2.24, 2.45) is 0 Å². The fraction of sp³-hybridized carbons (Fsp3) is 0.357. The van der Waals surface area contributed by atoms with Crippen LogP contribution in [0.1, 0.15) is 36.2 Å². The van der Waals surface area contributed by atoms with E-state index in [1.165, 1.54) is 24.9 Å². The van der Waals surface area contributed by atoms with Gasteiger partial charge in [-0.3, -0.25) is 4.79 Å². The normalized spacial score (nSPS) is 10.9. The lowest BCUT2D eigenvalue weighted by molar-refractivity contribution is 0.0563. The van der Waals surface area contributed by atoms with Gasteiger partial charge in [0.2, 0.25) is 5.76 Å². The summed E-state index contributed by atoms with van der Waals surface area (Å²) in [6.07, 6.45) is 1.73. The number of carbonyl (C=O) groups is 1. The predicted octanol–water partition coefficient (Wildman–Crippen LogP) is 2.50. The van der Waals surface area contributed by atoms with Gasteiger partial charge in [0, 0.05) is 18.3 Å². The Hall–Kier alpha value is -2.02. The van der Waals surface area contributed by atoms with Crippen LogP contribution in [0.4, 0.5) is 0 Å². The minimum Gasteiger partial charge on any atom is -0.463 e. The highest BCUT2D eigenvalue weighted by molar-refractivity contribution is 7.98. The molecule has 112 valence electrons. The molecule has 0 unspecified atom stereocenters. The lowest BCUT2D eigenvalue weighted by atomic mass is 10.4. The van der Waals surface area contributed by atoms with Crippen LogP contribution in [0, 0.1) is 0 Å². The van der Waals surface area contributed by atoms with Gasteiger partial charge in [0.05, 0.1) is 12.9 Å². The number of furan rings is 1. The van der Waals surface area contributed by atoms with Crippen molar-refractivity contribution in [2.45, 2.75) is 30.8 Å². The Bertz CT molecular complexity index is 690. The number of rotatable bonds is 5. The molecule has 2 aromatic rings. The van der Waals surface area contributed by atoms with Gasteiger partial charge in [-0.15, -0.1) is 0 Å². The number of hydrogen-bond donors (Lipinski definition) is 0. The molecule has 0 saturated heterocycles. The van der Waals surface area contributed by atoms with Crippen LogP contribution in [0.2, 0.25) is 0 Å². The topological polar surface area (TPSA) is 74.3 Å². The molecule has 0 N–H and O–H groups in total. The Balaban J connectivity index is 2.13. The molecule has 0 aliphatic rings. The first-order valence-corrected chi connectivity index (χ1v) is 7.39. The Morgan fingerprint density at radius 1 is 1.43 bits per heavy atom. The summed E-state index contributed by atoms with van der Waals surface area (Å²) in [6.45, 7) is 4.02. The first kappa shape index (κ1) is 15.4. The highest BCUT2D eigenvalue weighted by atomic mass is 32.2. The van der Waals surface area contributed by atoms with Gasteiger partial charge in [-0.05, 0) is 26.0 Å². The Kier molecular flexibility index (Phi) is 4.85. The molecule has 0 atom stereocenters. The molecule has 2 rings (SSSR count). The number of nitrogens with zero attached hydrogens (tertiary/aromatic N) is 2. The first-order valence-electron chi connectivity index (χ1n) is 6.40. The molecule has 2 aromatic heterocycles. The van der Waals surface area contributed by atoms with Crippen molar-refractivity contribution in [3.63, 3.8) is 0 Å². The minimum absolute atomic E-state index is 0.162. The molecule has 0 aliphatic heterocycles. The standard InChI is InChI=1S/C14H16N2O4S/c1-9(2)16-7-6-12(17)15-14(16)21-8-10-4-5-11(20-10)13(18)19-3/h4-7,9H,8H2,1-3H3. The molecule has 7 heteroatoms. The van der Waals surface area contributed by atoms with Gasteiger partial charge in [-0.2, -0.15) is 4.98 Å². The maximum atomic E-state index is 11.4. The molecule has 0 fully saturated rings. The van der Waals surface area contributed by atoms with Crippen LogP contribution in [0.25, 0.3) is 0 Å². The van der Waals surface area contributed by atoms with E-state index in [0.717, 1.165) is 0 Å². The van der Waals surface area contributed by atoms with Crippen molar-refractivity contribution in [1.29, 1.82) is 0 Å². The van der Waals surface area contributed by atoms with Gasteiger partial charge >= 0.3 is 5.97 Å². The summed E-state index contributed by atoms with van der Waals surface area (Å²) in [5, 5.41) is 0.619.